The molecule has 1 saturated carbocycles. The topological polar surface area (TPSA) is 48.7 Å². The average molecular weight is 194 g/mol. The van der Waals surface area contributed by atoms with Gasteiger partial charge in [-0.2, -0.15) is 5.26 Å². The Hall–Kier alpha value is -1.27. The molecule has 0 atom stereocenters. The summed E-state index contributed by atoms with van der Waals surface area (Å²) in [6, 6.07) is 4.24. The van der Waals surface area contributed by atoms with E-state index in [-0.39, 0.29) is 0 Å². The Morgan fingerprint density at radius 1 is 1.62 bits per heavy atom. The van der Waals surface area contributed by atoms with Crippen molar-refractivity contribution in [1.29, 1.82) is 5.26 Å². The van der Waals surface area contributed by atoms with Crippen LogP contribution in [0.2, 0.25) is 5.02 Å². The molecule has 0 aromatic carbocycles. The second kappa shape index (κ2) is 3.23. The summed E-state index contributed by atoms with van der Waals surface area (Å²) in [5.74, 6) is 0.739. The summed E-state index contributed by atoms with van der Waals surface area (Å²) in [6.07, 6.45) is 3.88. The van der Waals surface area contributed by atoms with Gasteiger partial charge in [0.25, 0.3) is 0 Å². The predicted molar refractivity (Wildman–Crippen MR) is 50.6 cm³/mol. The van der Waals surface area contributed by atoms with Crippen molar-refractivity contribution in [3.8, 4) is 6.07 Å². The average Bonchev–Trinajstić information content (AvgIpc) is 2.92. The molecule has 1 fully saturated rings. The molecule has 4 heteroatoms. The molecule has 0 radical (unpaired) electrons. The highest BCUT2D eigenvalue weighted by molar-refractivity contribution is 6.31. The van der Waals surface area contributed by atoms with Gasteiger partial charge in [0.15, 0.2) is 0 Å². The molecule has 13 heavy (non-hydrogen) atoms. The van der Waals surface area contributed by atoms with Crippen molar-refractivity contribution in [2.75, 3.05) is 5.32 Å². The number of anilines is 1. The van der Waals surface area contributed by atoms with Crippen LogP contribution in [0.1, 0.15) is 18.4 Å². The van der Waals surface area contributed by atoms with Crippen LogP contribution in [0.25, 0.3) is 0 Å². The molecule has 2 rings (SSSR count). The Labute approximate surface area is 81.4 Å². The summed E-state index contributed by atoms with van der Waals surface area (Å²) in [7, 11) is 0. The van der Waals surface area contributed by atoms with Crippen LogP contribution in [0.5, 0.6) is 0 Å². The largest absolute Gasteiger partial charge is 0.367 e. The van der Waals surface area contributed by atoms with Gasteiger partial charge in [0.1, 0.15) is 11.9 Å². The Morgan fingerprint density at radius 2 is 2.38 bits per heavy atom. The molecular weight excluding hydrogens is 186 g/mol. The van der Waals surface area contributed by atoms with Crippen molar-refractivity contribution >= 4 is 17.4 Å². The minimum atomic E-state index is 0.406. The maximum absolute atomic E-state index is 8.70. The molecule has 1 aromatic rings. The van der Waals surface area contributed by atoms with Gasteiger partial charge in [-0.1, -0.05) is 11.6 Å². The lowest BCUT2D eigenvalue weighted by Gasteiger charge is -2.03. The fourth-order valence-corrected chi connectivity index (χ4v) is 1.19. The van der Waals surface area contributed by atoms with Crippen molar-refractivity contribution < 1.29 is 0 Å². The molecular formula is C9H8ClN3. The first-order valence-corrected chi connectivity index (χ1v) is 4.49. The van der Waals surface area contributed by atoms with E-state index in [4.69, 9.17) is 16.9 Å². The number of nitrogens with one attached hydrogen (secondary N) is 1. The van der Waals surface area contributed by atoms with Gasteiger partial charge in [0.05, 0.1) is 10.6 Å². The maximum atomic E-state index is 8.70. The van der Waals surface area contributed by atoms with E-state index in [0.29, 0.717) is 16.6 Å². The first kappa shape index (κ1) is 8.33. The van der Waals surface area contributed by atoms with Crippen LogP contribution in [-0.4, -0.2) is 11.0 Å². The molecule has 1 heterocycles. The number of hydrogen-bond donors (Lipinski definition) is 1. The minimum Gasteiger partial charge on any atom is -0.367 e. The molecule has 3 nitrogen and oxygen atoms in total. The first-order valence-electron chi connectivity index (χ1n) is 4.12. The normalized spacial score (nSPS) is 15.1. The van der Waals surface area contributed by atoms with Gasteiger partial charge < -0.3 is 5.32 Å². The summed E-state index contributed by atoms with van der Waals surface area (Å²) in [5, 5.41) is 12.3. The quantitative estimate of drug-likeness (QED) is 0.783. The zero-order valence-electron chi connectivity index (χ0n) is 6.92. The van der Waals surface area contributed by atoms with Crippen molar-refractivity contribution in [3.63, 3.8) is 0 Å². The minimum absolute atomic E-state index is 0.406. The number of aromatic nitrogens is 1. The number of pyridine rings is 1. The van der Waals surface area contributed by atoms with E-state index in [2.05, 4.69) is 10.3 Å². The van der Waals surface area contributed by atoms with E-state index < -0.39 is 0 Å². The third-order valence-corrected chi connectivity index (χ3v) is 2.21. The Bertz CT molecular complexity index is 366. The molecule has 66 valence electrons. The third-order valence-electron chi connectivity index (χ3n) is 1.91. The first-order chi connectivity index (χ1) is 6.29. The summed E-state index contributed by atoms with van der Waals surface area (Å²) in [6.45, 7) is 0. The van der Waals surface area contributed by atoms with Crippen LogP contribution in [-0.2, 0) is 0 Å². The Morgan fingerprint density at radius 3 is 3.00 bits per heavy atom. The highest BCUT2D eigenvalue weighted by Gasteiger charge is 2.21. The lowest BCUT2D eigenvalue weighted by molar-refractivity contribution is 1.11. The standard InChI is InChI=1S/C9H8ClN3/c10-8-5-12-9(3-6(8)4-11)13-7-1-2-7/h3,5,7H,1-2H2,(H,12,13). The van der Waals surface area contributed by atoms with Crippen molar-refractivity contribution in [1.82, 2.24) is 4.98 Å². The monoisotopic (exact) mass is 193 g/mol. The number of halogens is 1. The van der Waals surface area contributed by atoms with E-state index >= 15 is 0 Å². The van der Waals surface area contributed by atoms with Crippen LogP contribution in [0, 0.1) is 11.3 Å². The molecule has 0 unspecified atom stereocenters. The number of hydrogen-bond acceptors (Lipinski definition) is 3. The molecule has 1 aliphatic rings. The van der Waals surface area contributed by atoms with Crippen LogP contribution in [0.3, 0.4) is 0 Å². The van der Waals surface area contributed by atoms with E-state index in [0.717, 1.165) is 5.82 Å². The molecule has 1 N–H and O–H groups in total. The van der Waals surface area contributed by atoms with Crippen LogP contribution in [0.15, 0.2) is 12.3 Å². The molecule has 1 aromatic heterocycles. The molecule has 0 aliphatic heterocycles. The molecule has 0 saturated heterocycles. The summed E-state index contributed by atoms with van der Waals surface area (Å²) in [5.41, 5.74) is 0.472. The Kier molecular flexibility index (Phi) is 2.07. The van der Waals surface area contributed by atoms with Gasteiger partial charge in [-0.15, -0.1) is 0 Å². The van der Waals surface area contributed by atoms with Gasteiger partial charge in [-0.05, 0) is 18.9 Å². The zero-order valence-corrected chi connectivity index (χ0v) is 7.67. The SMILES string of the molecule is N#Cc1cc(NC2CC2)ncc1Cl. The maximum Gasteiger partial charge on any atom is 0.127 e. The number of rotatable bonds is 2. The van der Waals surface area contributed by atoms with Crippen molar-refractivity contribution in [2.24, 2.45) is 0 Å². The zero-order chi connectivity index (χ0) is 9.26. The van der Waals surface area contributed by atoms with Crippen molar-refractivity contribution in [3.05, 3.63) is 22.8 Å². The summed E-state index contributed by atoms with van der Waals surface area (Å²) in [4.78, 5) is 4.07. The molecule has 0 amide bonds. The highest BCUT2D eigenvalue weighted by atomic mass is 35.5. The van der Waals surface area contributed by atoms with E-state index in [9.17, 15) is 0 Å². The van der Waals surface area contributed by atoms with Crippen LogP contribution >= 0.6 is 11.6 Å². The summed E-state index contributed by atoms with van der Waals surface area (Å²) < 4.78 is 0. The second-order valence-corrected chi connectivity index (χ2v) is 3.49. The van der Waals surface area contributed by atoms with Gasteiger partial charge in [-0.25, -0.2) is 4.98 Å². The van der Waals surface area contributed by atoms with Gasteiger partial charge in [0.2, 0.25) is 0 Å². The highest BCUT2D eigenvalue weighted by Crippen LogP contribution is 2.25. The van der Waals surface area contributed by atoms with E-state index in [1.54, 1.807) is 6.07 Å². The van der Waals surface area contributed by atoms with Gasteiger partial charge in [0, 0.05) is 12.2 Å². The van der Waals surface area contributed by atoms with Crippen LogP contribution in [0.4, 0.5) is 5.82 Å². The van der Waals surface area contributed by atoms with Crippen molar-refractivity contribution in [2.45, 2.75) is 18.9 Å². The fraction of sp³-hybridized carbons (Fsp3) is 0.333. The third kappa shape index (κ3) is 1.90. The molecule has 0 bridgehead atoms. The van der Waals surface area contributed by atoms with E-state index in [1.165, 1.54) is 19.0 Å². The second-order valence-electron chi connectivity index (χ2n) is 3.08. The van der Waals surface area contributed by atoms with Gasteiger partial charge >= 0.3 is 0 Å². The molecule has 0 spiro atoms. The lowest BCUT2D eigenvalue weighted by Crippen LogP contribution is -2.02. The predicted octanol–water partition coefficient (Wildman–Crippen LogP) is 2.18. The fourth-order valence-electron chi connectivity index (χ4n) is 1.04. The molecule has 1 aliphatic carbocycles. The smallest absolute Gasteiger partial charge is 0.127 e. The van der Waals surface area contributed by atoms with E-state index in [1.807, 2.05) is 6.07 Å². The summed E-state index contributed by atoms with van der Waals surface area (Å²) >= 11 is 5.74. The lowest BCUT2D eigenvalue weighted by atomic mass is 10.3. The number of nitrogens with zero attached hydrogens (tertiary/aromatic N) is 2. The Balaban J connectivity index is 2.22. The van der Waals surface area contributed by atoms with Gasteiger partial charge in [-0.3, -0.25) is 0 Å². The van der Waals surface area contributed by atoms with Crippen LogP contribution < -0.4 is 5.32 Å². The number of nitriles is 1.